The summed E-state index contributed by atoms with van der Waals surface area (Å²) in [5.74, 6) is 0. The number of hydrogen-bond acceptors (Lipinski definition) is 8. The molecule has 1 N–H and O–H groups in total. The normalized spacial score (nSPS) is 15.5. The van der Waals surface area contributed by atoms with E-state index in [1.165, 1.54) is 6.08 Å². The fraction of sp³-hybridized carbons (Fsp3) is 0.375. The molecule has 1 rings (SSSR count). The monoisotopic (exact) mass is 436 g/mol. The molecule has 0 amide bonds. The molecule has 0 aliphatic rings. The van der Waals surface area contributed by atoms with Crippen molar-refractivity contribution in [1.82, 2.24) is 0 Å². The van der Waals surface area contributed by atoms with E-state index in [1.807, 2.05) is 31.2 Å². The standard InChI is InChI=1S/C16H24ClNO7P2/c1-13(9-10-24-27(22,23)25-26(19,20)21)5-3-6-14(2)12-18-16-8-4-7-15(17)11-16/h4,6-9,11,18H,3,5,10,12H2,1-2H3,(H,22,23)(H2,19,20,21)/p-3/b13-9+,14-6+. The van der Waals surface area contributed by atoms with Gasteiger partial charge in [0.25, 0.3) is 7.82 Å². The molecule has 8 nitrogen and oxygen atoms in total. The second-order valence-electron chi connectivity index (χ2n) is 5.78. The SMILES string of the molecule is C/C(=C\COP(=O)([O-])OP(=O)([O-])[O-])CC/C=C(\C)CNc1cccc(Cl)c1. The number of nitrogens with one attached hydrogen (secondary N) is 1. The number of phosphoric acid groups is 2. The van der Waals surface area contributed by atoms with Crippen molar-refractivity contribution < 1.29 is 32.6 Å². The molecule has 1 aromatic carbocycles. The number of allylic oxidation sites excluding steroid dienone is 2. The van der Waals surface area contributed by atoms with Crippen LogP contribution < -0.4 is 20.0 Å². The van der Waals surface area contributed by atoms with E-state index in [-0.39, 0.29) is 0 Å². The Morgan fingerprint density at radius 2 is 1.89 bits per heavy atom. The quantitative estimate of drug-likeness (QED) is 0.413. The molecule has 152 valence electrons. The van der Waals surface area contributed by atoms with Crippen LogP contribution in [-0.4, -0.2) is 13.2 Å². The van der Waals surface area contributed by atoms with Gasteiger partial charge >= 0.3 is 0 Å². The molecule has 0 aromatic heterocycles. The first-order valence-corrected chi connectivity index (χ1v) is 11.3. The minimum Gasteiger partial charge on any atom is -0.790 e. The average Bonchev–Trinajstić information content (AvgIpc) is 2.50. The zero-order valence-electron chi connectivity index (χ0n) is 14.9. The first kappa shape index (κ1) is 24.1. The van der Waals surface area contributed by atoms with Crippen molar-refractivity contribution >= 4 is 32.9 Å². The van der Waals surface area contributed by atoms with Crippen LogP contribution in [0, 0.1) is 0 Å². The maximum atomic E-state index is 11.1. The smallest absolute Gasteiger partial charge is 0.272 e. The van der Waals surface area contributed by atoms with E-state index in [0.717, 1.165) is 23.3 Å². The molecule has 0 radical (unpaired) electrons. The van der Waals surface area contributed by atoms with Gasteiger partial charge in [-0.1, -0.05) is 41.0 Å². The second-order valence-corrected chi connectivity index (χ2v) is 8.91. The molecule has 1 aromatic rings. The van der Waals surface area contributed by atoms with E-state index in [0.29, 0.717) is 18.0 Å². The number of benzene rings is 1. The summed E-state index contributed by atoms with van der Waals surface area (Å²) in [6, 6.07) is 7.41. The lowest BCUT2D eigenvalue weighted by Gasteiger charge is -2.34. The van der Waals surface area contributed by atoms with Crippen molar-refractivity contribution in [2.45, 2.75) is 26.7 Å². The van der Waals surface area contributed by atoms with Crippen LogP contribution >= 0.6 is 27.2 Å². The molecule has 0 bridgehead atoms. The van der Waals surface area contributed by atoms with Gasteiger partial charge in [-0.3, -0.25) is 8.88 Å². The molecule has 1 atom stereocenters. The zero-order chi connectivity index (χ0) is 20.5. The molecular weight excluding hydrogens is 416 g/mol. The van der Waals surface area contributed by atoms with Crippen molar-refractivity contribution in [2.75, 3.05) is 18.5 Å². The summed E-state index contributed by atoms with van der Waals surface area (Å²) in [5, 5.41) is 3.91. The van der Waals surface area contributed by atoms with Gasteiger partial charge in [0.2, 0.25) is 0 Å². The van der Waals surface area contributed by atoms with E-state index >= 15 is 0 Å². The average molecular weight is 437 g/mol. The molecule has 0 saturated heterocycles. The van der Waals surface area contributed by atoms with Crippen LogP contribution in [0.1, 0.15) is 26.7 Å². The summed E-state index contributed by atoms with van der Waals surface area (Å²) < 4.78 is 29.0. The molecule has 0 spiro atoms. The van der Waals surface area contributed by atoms with Gasteiger partial charge in [-0.25, -0.2) is 0 Å². The zero-order valence-corrected chi connectivity index (χ0v) is 17.5. The van der Waals surface area contributed by atoms with E-state index in [9.17, 15) is 23.8 Å². The molecule has 11 heteroatoms. The highest BCUT2D eigenvalue weighted by Gasteiger charge is 2.10. The third kappa shape index (κ3) is 12.2. The highest BCUT2D eigenvalue weighted by atomic mass is 35.5. The van der Waals surface area contributed by atoms with Crippen molar-refractivity contribution in [3.05, 3.63) is 52.6 Å². The molecule has 0 fully saturated rings. The van der Waals surface area contributed by atoms with Crippen molar-refractivity contribution in [3.63, 3.8) is 0 Å². The fourth-order valence-electron chi connectivity index (χ4n) is 1.98. The fourth-order valence-corrected chi connectivity index (χ4v) is 3.59. The molecule has 0 saturated carbocycles. The van der Waals surface area contributed by atoms with Crippen LogP contribution in [0.2, 0.25) is 5.02 Å². The van der Waals surface area contributed by atoms with E-state index in [4.69, 9.17) is 11.6 Å². The van der Waals surface area contributed by atoms with Gasteiger partial charge in [-0.05, 0) is 44.9 Å². The molecule has 0 aliphatic carbocycles. The van der Waals surface area contributed by atoms with Crippen LogP contribution in [0.5, 0.6) is 0 Å². The van der Waals surface area contributed by atoms with Gasteiger partial charge in [-0.15, -0.1) is 0 Å². The Morgan fingerprint density at radius 3 is 2.52 bits per heavy atom. The Hall–Kier alpha value is -0.950. The molecule has 27 heavy (non-hydrogen) atoms. The summed E-state index contributed by atoms with van der Waals surface area (Å²) >= 11 is 5.92. The highest BCUT2D eigenvalue weighted by Crippen LogP contribution is 2.50. The maximum absolute atomic E-state index is 11.1. The van der Waals surface area contributed by atoms with Gasteiger partial charge in [0.15, 0.2) is 0 Å². The Morgan fingerprint density at radius 1 is 1.19 bits per heavy atom. The van der Waals surface area contributed by atoms with E-state index < -0.39 is 22.3 Å². The predicted molar refractivity (Wildman–Crippen MR) is 98.9 cm³/mol. The Balaban J connectivity index is 2.34. The minimum atomic E-state index is -5.65. The maximum Gasteiger partial charge on any atom is 0.272 e. The minimum absolute atomic E-state index is 0.411. The number of rotatable bonds is 11. The first-order valence-electron chi connectivity index (χ1n) is 7.96. The molecule has 0 heterocycles. The third-order valence-electron chi connectivity index (χ3n) is 3.29. The molecular formula is C16H21ClNO7P2-3. The van der Waals surface area contributed by atoms with Gasteiger partial charge in [-0.2, -0.15) is 0 Å². The van der Waals surface area contributed by atoms with Crippen molar-refractivity contribution in [1.29, 1.82) is 0 Å². The van der Waals surface area contributed by atoms with Gasteiger partial charge in [0, 0.05) is 17.3 Å². The van der Waals surface area contributed by atoms with E-state index in [2.05, 4.69) is 14.2 Å². The first-order chi connectivity index (χ1) is 12.5. The third-order valence-corrected chi connectivity index (χ3v) is 5.59. The molecule has 1 unspecified atom stereocenters. The number of hydrogen-bond donors (Lipinski definition) is 1. The Kier molecular flexibility index (Phi) is 9.95. The lowest BCUT2D eigenvalue weighted by molar-refractivity contribution is -0.339. The Bertz CT molecular complexity index is 776. The number of halogens is 1. The summed E-state index contributed by atoms with van der Waals surface area (Å²) in [6.45, 7) is 4.01. The highest BCUT2D eigenvalue weighted by molar-refractivity contribution is 7.58. The lowest BCUT2D eigenvalue weighted by atomic mass is 10.1. The summed E-state index contributed by atoms with van der Waals surface area (Å²) in [5.41, 5.74) is 2.89. The van der Waals surface area contributed by atoms with Crippen LogP contribution in [0.3, 0.4) is 0 Å². The Labute approximate surface area is 163 Å². The summed E-state index contributed by atoms with van der Waals surface area (Å²) in [4.78, 5) is 31.6. The van der Waals surface area contributed by atoms with Crippen LogP contribution in [0.4, 0.5) is 5.69 Å². The summed E-state index contributed by atoms with van der Waals surface area (Å²) in [7, 11) is -10.8. The van der Waals surface area contributed by atoms with Crippen molar-refractivity contribution in [2.24, 2.45) is 0 Å². The van der Waals surface area contributed by atoms with Gasteiger partial charge < -0.3 is 29.1 Å². The summed E-state index contributed by atoms with van der Waals surface area (Å²) in [6.07, 6.45) is 4.90. The topological polar surface area (TPSA) is 134 Å². The van der Waals surface area contributed by atoms with Crippen LogP contribution in [-0.2, 0) is 18.0 Å². The van der Waals surface area contributed by atoms with Gasteiger partial charge in [0.05, 0.1) is 14.4 Å². The lowest BCUT2D eigenvalue weighted by Crippen LogP contribution is -2.19. The number of phosphoric ester groups is 1. The van der Waals surface area contributed by atoms with E-state index in [1.54, 1.807) is 13.0 Å². The van der Waals surface area contributed by atoms with Crippen LogP contribution in [0.25, 0.3) is 0 Å². The van der Waals surface area contributed by atoms with Crippen molar-refractivity contribution in [3.8, 4) is 0 Å². The number of anilines is 1. The second kappa shape index (κ2) is 11.1. The predicted octanol–water partition coefficient (Wildman–Crippen LogP) is 2.75. The van der Waals surface area contributed by atoms with Crippen LogP contribution in [0.15, 0.2) is 47.6 Å². The van der Waals surface area contributed by atoms with Gasteiger partial charge in [0.1, 0.15) is 0 Å². The largest absolute Gasteiger partial charge is 0.790 e. The molecule has 0 aliphatic heterocycles.